The van der Waals surface area contributed by atoms with Crippen LogP contribution in [0.4, 0.5) is 0 Å². The fourth-order valence-electron chi connectivity index (χ4n) is 4.26. The van der Waals surface area contributed by atoms with E-state index in [1.54, 1.807) is 0 Å². The van der Waals surface area contributed by atoms with Crippen molar-refractivity contribution in [1.29, 1.82) is 0 Å². The van der Waals surface area contributed by atoms with Crippen molar-refractivity contribution < 1.29 is 0 Å². The average Bonchev–Trinajstić information content (AvgIpc) is 3.24. The number of aryl methyl sites for hydroxylation is 1. The summed E-state index contributed by atoms with van der Waals surface area (Å²) in [5.74, 6) is 0. The lowest BCUT2D eigenvalue weighted by Gasteiger charge is -2.16. The number of rotatable bonds is 8. The van der Waals surface area contributed by atoms with E-state index in [-0.39, 0.29) is 0 Å². The van der Waals surface area contributed by atoms with E-state index in [0.29, 0.717) is 0 Å². The van der Waals surface area contributed by atoms with Crippen LogP contribution in [0.5, 0.6) is 0 Å². The summed E-state index contributed by atoms with van der Waals surface area (Å²) in [6.07, 6.45) is 9.26. The van der Waals surface area contributed by atoms with Crippen LogP contribution in [-0.4, -0.2) is 0 Å². The predicted octanol–water partition coefficient (Wildman–Crippen LogP) is 8.62. The molecule has 1 heterocycles. The van der Waals surface area contributed by atoms with E-state index < -0.39 is 0 Å². The maximum Gasteiger partial charge on any atom is 0.0355 e. The van der Waals surface area contributed by atoms with Crippen LogP contribution in [0.15, 0.2) is 66.0 Å². The Bertz CT molecular complexity index is 954. The van der Waals surface area contributed by atoms with Crippen molar-refractivity contribution in [2.24, 2.45) is 0 Å². The Morgan fingerprint density at radius 2 is 1.22 bits per heavy atom. The number of unbranched alkanes of at least 4 members (excludes halogenated alkanes) is 5. The Hall–Kier alpha value is -2.12. The minimum absolute atomic E-state index is 1.18. The number of thiophene rings is 1. The van der Waals surface area contributed by atoms with E-state index in [2.05, 4.69) is 73.0 Å². The van der Waals surface area contributed by atoms with Gasteiger partial charge >= 0.3 is 0 Å². The van der Waals surface area contributed by atoms with Gasteiger partial charge in [-0.25, -0.2) is 0 Å². The minimum atomic E-state index is 1.18. The summed E-state index contributed by atoms with van der Waals surface area (Å²) in [6.45, 7) is 2.29. The minimum Gasteiger partial charge on any atom is -0.144 e. The van der Waals surface area contributed by atoms with Crippen LogP contribution in [0.1, 0.15) is 51.0 Å². The zero-order chi connectivity index (χ0) is 18.5. The maximum absolute atomic E-state index is 2.32. The monoisotopic (exact) mass is 372 g/mol. The zero-order valence-corrected chi connectivity index (χ0v) is 17.0. The van der Waals surface area contributed by atoms with Gasteiger partial charge in [-0.3, -0.25) is 0 Å². The van der Waals surface area contributed by atoms with Gasteiger partial charge in [0, 0.05) is 10.4 Å². The van der Waals surface area contributed by atoms with Crippen LogP contribution in [0.25, 0.3) is 32.0 Å². The van der Waals surface area contributed by atoms with E-state index >= 15 is 0 Å². The number of fused-ring (bicyclic) bond motifs is 2. The highest BCUT2D eigenvalue weighted by atomic mass is 32.1. The molecule has 4 rings (SSSR count). The van der Waals surface area contributed by atoms with Gasteiger partial charge in [0.25, 0.3) is 0 Å². The van der Waals surface area contributed by atoms with Gasteiger partial charge in [0.1, 0.15) is 0 Å². The van der Waals surface area contributed by atoms with Crippen molar-refractivity contribution in [1.82, 2.24) is 0 Å². The number of benzene rings is 3. The first kappa shape index (κ1) is 18.3. The van der Waals surface area contributed by atoms with Gasteiger partial charge in [-0.2, -0.15) is 0 Å². The first-order valence-corrected chi connectivity index (χ1v) is 11.2. The Morgan fingerprint density at radius 1 is 0.630 bits per heavy atom. The van der Waals surface area contributed by atoms with E-state index in [9.17, 15) is 0 Å². The molecule has 0 bridgehead atoms. The molecule has 0 nitrogen and oxygen atoms in total. The highest BCUT2D eigenvalue weighted by molar-refractivity contribution is 7.13. The van der Waals surface area contributed by atoms with E-state index in [0.717, 1.165) is 0 Å². The summed E-state index contributed by atoms with van der Waals surface area (Å²) in [7, 11) is 0. The quantitative estimate of drug-likeness (QED) is 0.214. The molecule has 0 fully saturated rings. The normalized spacial score (nSPS) is 11.4. The highest BCUT2D eigenvalue weighted by Gasteiger charge is 2.15. The largest absolute Gasteiger partial charge is 0.144 e. The molecule has 0 spiro atoms. The smallest absolute Gasteiger partial charge is 0.0355 e. The van der Waals surface area contributed by atoms with E-state index in [1.165, 1.54) is 82.5 Å². The molecule has 0 amide bonds. The van der Waals surface area contributed by atoms with Crippen LogP contribution >= 0.6 is 11.3 Å². The standard InChI is InChI=1S/C26H28S/c1-2-3-4-5-6-7-13-20-21-14-8-10-16-23(21)26(25-18-12-19-27-25)24-17-11-9-15-22(20)24/h8-12,14-19H,2-7,13H2,1H3. The third-order valence-electron chi connectivity index (χ3n) is 5.59. The fourth-order valence-corrected chi connectivity index (χ4v) is 5.06. The van der Waals surface area contributed by atoms with Crippen molar-refractivity contribution >= 4 is 32.9 Å². The van der Waals surface area contributed by atoms with Gasteiger partial charge in [0.05, 0.1) is 0 Å². The second-order valence-electron chi connectivity index (χ2n) is 7.44. The Labute approximate surface area is 166 Å². The van der Waals surface area contributed by atoms with E-state index in [1.807, 2.05) is 11.3 Å². The third-order valence-corrected chi connectivity index (χ3v) is 6.48. The summed E-state index contributed by atoms with van der Waals surface area (Å²) in [5.41, 5.74) is 2.94. The molecule has 1 heteroatoms. The molecule has 3 aromatic carbocycles. The molecule has 0 atom stereocenters. The lowest BCUT2D eigenvalue weighted by molar-refractivity contribution is 0.609. The van der Waals surface area contributed by atoms with Crippen LogP contribution in [0.2, 0.25) is 0 Å². The Kier molecular flexibility index (Phi) is 5.89. The molecule has 0 saturated carbocycles. The lowest BCUT2D eigenvalue weighted by atomic mass is 9.89. The molecule has 0 aliphatic carbocycles. The first-order chi connectivity index (χ1) is 13.4. The second kappa shape index (κ2) is 8.71. The molecule has 4 aromatic rings. The highest BCUT2D eigenvalue weighted by Crippen LogP contribution is 2.41. The van der Waals surface area contributed by atoms with Gasteiger partial charge in [0.2, 0.25) is 0 Å². The summed E-state index contributed by atoms with van der Waals surface area (Å²) in [4.78, 5) is 1.37. The predicted molar refractivity (Wildman–Crippen MR) is 122 cm³/mol. The number of hydrogen-bond donors (Lipinski definition) is 0. The third kappa shape index (κ3) is 3.80. The molecule has 138 valence electrons. The molecule has 0 radical (unpaired) electrons. The first-order valence-electron chi connectivity index (χ1n) is 10.4. The topological polar surface area (TPSA) is 0 Å². The van der Waals surface area contributed by atoms with Crippen molar-refractivity contribution in [3.63, 3.8) is 0 Å². The van der Waals surface area contributed by atoms with Gasteiger partial charge in [-0.1, -0.05) is 93.6 Å². The zero-order valence-electron chi connectivity index (χ0n) is 16.2. The van der Waals surface area contributed by atoms with Gasteiger partial charge in [-0.15, -0.1) is 11.3 Å². The molecular weight excluding hydrogens is 344 g/mol. The molecule has 0 saturated heterocycles. The van der Waals surface area contributed by atoms with Crippen LogP contribution in [0, 0.1) is 0 Å². The van der Waals surface area contributed by atoms with Crippen LogP contribution in [-0.2, 0) is 6.42 Å². The lowest BCUT2D eigenvalue weighted by Crippen LogP contribution is -1.94. The molecule has 1 aromatic heterocycles. The summed E-state index contributed by atoms with van der Waals surface area (Å²) < 4.78 is 0. The molecule has 0 aliphatic rings. The molecular formula is C26H28S. The SMILES string of the molecule is CCCCCCCCc1c2ccccc2c(-c2cccs2)c2ccccc12. The molecule has 0 N–H and O–H groups in total. The van der Waals surface area contributed by atoms with Gasteiger partial charge in [-0.05, 0) is 51.4 Å². The van der Waals surface area contributed by atoms with Gasteiger partial charge < -0.3 is 0 Å². The fraction of sp³-hybridized carbons (Fsp3) is 0.308. The summed E-state index contributed by atoms with van der Waals surface area (Å²) >= 11 is 1.84. The molecule has 0 unspecified atom stereocenters. The average molecular weight is 373 g/mol. The van der Waals surface area contributed by atoms with Crippen molar-refractivity contribution in [2.45, 2.75) is 51.9 Å². The summed E-state index contributed by atoms with van der Waals surface area (Å²) in [6, 6.07) is 22.4. The van der Waals surface area contributed by atoms with Crippen LogP contribution in [0.3, 0.4) is 0 Å². The molecule has 0 aliphatic heterocycles. The van der Waals surface area contributed by atoms with Crippen LogP contribution < -0.4 is 0 Å². The van der Waals surface area contributed by atoms with Crippen molar-refractivity contribution in [3.8, 4) is 10.4 Å². The van der Waals surface area contributed by atoms with Gasteiger partial charge in [0.15, 0.2) is 0 Å². The Morgan fingerprint density at radius 3 is 1.81 bits per heavy atom. The second-order valence-corrected chi connectivity index (χ2v) is 8.39. The maximum atomic E-state index is 2.32. The Balaban J connectivity index is 1.78. The van der Waals surface area contributed by atoms with E-state index in [4.69, 9.17) is 0 Å². The van der Waals surface area contributed by atoms with Crippen molar-refractivity contribution in [2.75, 3.05) is 0 Å². The number of hydrogen-bond acceptors (Lipinski definition) is 1. The molecule has 27 heavy (non-hydrogen) atoms. The summed E-state index contributed by atoms with van der Waals surface area (Å²) in [5, 5.41) is 7.86. The van der Waals surface area contributed by atoms with Crippen molar-refractivity contribution in [3.05, 3.63) is 71.6 Å².